The quantitative estimate of drug-likeness (QED) is 0.752. The number of carbonyl (C=O) groups is 1. The summed E-state index contributed by atoms with van der Waals surface area (Å²) < 4.78 is 0. The maximum absolute atomic E-state index is 10.3. The molecule has 0 amide bonds. The van der Waals surface area contributed by atoms with Crippen molar-refractivity contribution in [1.29, 1.82) is 0 Å². The lowest BCUT2D eigenvalue weighted by molar-refractivity contribution is -0.116. The van der Waals surface area contributed by atoms with E-state index in [1.165, 1.54) is 0 Å². The molecule has 0 radical (unpaired) electrons. The lowest BCUT2D eigenvalue weighted by Crippen LogP contribution is -2.07. The Bertz CT molecular complexity index is 67.1. The Morgan fingerprint density at radius 3 is 2.25 bits per heavy atom. The molecule has 0 saturated carbocycles. The summed E-state index contributed by atoms with van der Waals surface area (Å²) in [6, 6.07) is 0. The van der Waals surface area contributed by atoms with Gasteiger partial charge in [-0.05, 0) is 6.54 Å². The van der Waals surface area contributed by atoms with Gasteiger partial charge in [-0.2, -0.15) is 0 Å². The van der Waals surface area contributed by atoms with Crippen molar-refractivity contribution in [1.82, 2.24) is 0 Å². The first kappa shape index (κ1) is 11.4. The fourth-order valence-electron chi connectivity index (χ4n) is 0.228. The highest BCUT2D eigenvalue weighted by atomic mass is 79.9. The molecule has 4 heteroatoms. The van der Waals surface area contributed by atoms with Crippen molar-refractivity contribution >= 4 is 38.7 Å². The minimum absolute atomic E-state index is 0. The molecule has 0 heterocycles. The minimum atomic E-state index is 0. The lowest BCUT2D eigenvalue weighted by Gasteiger charge is -1.86. The number of hydrogen-bond donors (Lipinski definition) is 1. The van der Waals surface area contributed by atoms with Crippen molar-refractivity contribution in [3.63, 3.8) is 0 Å². The number of rotatable bonds is 3. The van der Waals surface area contributed by atoms with Crippen molar-refractivity contribution in [3.8, 4) is 0 Å². The topological polar surface area (TPSA) is 43.1 Å². The van der Waals surface area contributed by atoms with Crippen LogP contribution in [0.3, 0.4) is 0 Å². The molecule has 50 valence electrons. The zero-order valence-corrected chi connectivity index (χ0v) is 7.69. The fraction of sp³-hybridized carbons (Fsp3) is 0.750. The normalized spacial score (nSPS) is 7.75. The van der Waals surface area contributed by atoms with E-state index in [1.807, 2.05) is 0 Å². The molecule has 0 aromatic carbocycles. The highest BCUT2D eigenvalue weighted by Gasteiger charge is 1.92. The van der Waals surface area contributed by atoms with Gasteiger partial charge in [0.25, 0.3) is 0 Å². The van der Waals surface area contributed by atoms with Crippen LogP contribution >= 0.6 is 32.9 Å². The van der Waals surface area contributed by atoms with Gasteiger partial charge >= 0.3 is 0 Å². The Balaban J connectivity index is 0. The van der Waals surface area contributed by atoms with E-state index in [4.69, 9.17) is 5.73 Å². The van der Waals surface area contributed by atoms with Gasteiger partial charge in [0.1, 0.15) is 5.78 Å². The maximum Gasteiger partial charge on any atom is 0.144 e. The molecular formula is C4H9Br2NO. The minimum Gasteiger partial charge on any atom is -0.330 e. The zero-order chi connectivity index (χ0) is 5.70. The first-order valence-electron chi connectivity index (χ1n) is 2.09. The molecule has 0 spiro atoms. The summed E-state index contributed by atoms with van der Waals surface area (Å²) >= 11 is 3.01. The second kappa shape index (κ2) is 7.59. The smallest absolute Gasteiger partial charge is 0.144 e. The largest absolute Gasteiger partial charge is 0.330 e. The molecule has 2 N–H and O–H groups in total. The van der Waals surface area contributed by atoms with E-state index in [0.29, 0.717) is 18.3 Å². The molecule has 0 aliphatic carbocycles. The van der Waals surface area contributed by atoms with Gasteiger partial charge in [0, 0.05) is 6.42 Å². The highest BCUT2D eigenvalue weighted by molar-refractivity contribution is 9.09. The summed E-state index contributed by atoms with van der Waals surface area (Å²) in [4.78, 5) is 10.3. The third-order valence-electron chi connectivity index (χ3n) is 0.572. The third-order valence-corrected chi connectivity index (χ3v) is 1.20. The summed E-state index contributed by atoms with van der Waals surface area (Å²) in [6.07, 6.45) is 0.491. The van der Waals surface area contributed by atoms with Crippen LogP contribution in [0.25, 0.3) is 0 Å². The van der Waals surface area contributed by atoms with E-state index >= 15 is 0 Å². The zero-order valence-electron chi connectivity index (χ0n) is 4.39. The second-order valence-corrected chi connectivity index (χ2v) is 1.77. The van der Waals surface area contributed by atoms with E-state index in [2.05, 4.69) is 15.9 Å². The van der Waals surface area contributed by atoms with Crippen LogP contribution in [0, 0.1) is 0 Å². The van der Waals surface area contributed by atoms with Crippen molar-refractivity contribution < 1.29 is 4.79 Å². The summed E-state index contributed by atoms with van der Waals surface area (Å²) in [7, 11) is 0. The Labute approximate surface area is 67.7 Å². The number of hydrogen-bond acceptors (Lipinski definition) is 2. The molecule has 0 aromatic rings. The van der Waals surface area contributed by atoms with E-state index in [0.717, 1.165) is 0 Å². The lowest BCUT2D eigenvalue weighted by atomic mass is 10.3. The van der Waals surface area contributed by atoms with Crippen LogP contribution in [0.15, 0.2) is 0 Å². The molecule has 0 rings (SSSR count). The Hall–Kier alpha value is 0.590. The number of Topliss-reactive ketones (excluding diaryl/α,β-unsaturated/α-hetero) is 1. The molecule has 0 bridgehead atoms. The molecule has 0 saturated heterocycles. The van der Waals surface area contributed by atoms with Crippen LogP contribution in [-0.4, -0.2) is 17.7 Å². The van der Waals surface area contributed by atoms with Gasteiger partial charge in [-0.3, -0.25) is 4.79 Å². The second-order valence-electron chi connectivity index (χ2n) is 1.21. The third kappa shape index (κ3) is 6.59. The van der Waals surface area contributed by atoms with Gasteiger partial charge in [-0.1, -0.05) is 15.9 Å². The number of halogens is 2. The summed E-state index contributed by atoms with van der Waals surface area (Å²) in [5.41, 5.74) is 5.06. The predicted molar refractivity (Wildman–Crippen MR) is 42.8 cm³/mol. The molecule has 0 aliphatic rings. The molecule has 8 heavy (non-hydrogen) atoms. The van der Waals surface area contributed by atoms with Crippen LogP contribution in [0.1, 0.15) is 6.42 Å². The number of carbonyl (C=O) groups excluding carboxylic acids is 1. The van der Waals surface area contributed by atoms with Crippen LogP contribution in [0.5, 0.6) is 0 Å². The Kier molecular flexibility index (Phi) is 10.8. The monoisotopic (exact) mass is 245 g/mol. The fourth-order valence-corrected chi connectivity index (χ4v) is 0.508. The van der Waals surface area contributed by atoms with E-state index < -0.39 is 0 Å². The molecule has 0 aromatic heterocycles. The van der Waals surface area contributed by atoms with Crippen LogP contribution in [0.4, 0.5) is 0 Å². The molecular weight excluding hydrogens is 238 g/mol. The van der Waals surface area contributed by atoms with E-state index in [1.54, 1.807) is 0 Å². The van der Waals surface area contributed by atoms with Gasteiger partial charge in [-0.25, -0.2) is 0 Å². The van der Waals surface area contributed by atoms with Gasteiger partial charge in [0.05, 0.1) is 5.33 Å². The average molecular weight is 247 g/mol. The first-order chi connectivity index (χ1) is 3.31. The molecule has 2 nitrogen and oxygen atoms in total. The highest BCUT2D eigenvalue weighted by Crippen LogP contribution is 1.84. The van der Waals surface area contributed by atoms with Crippen molar-refractivity contribution in [2.45, 2.75) is 6.42 Å². The standard InChI is InChI=1S/C4H8BrNO.BrH/c5-3-4(7)1-2-6;/h1-3,6H2;1H. The van der Waals surface area contributed by atoms with E-state index in [9.17, 15) is 4.79 Å². The van der Waals surface area contributed by atoms with Crippen LogP contribution in [0.2, 0.25) is 0 Å². The molecule has 0 unspecified atom stereocenters. The van der Waals surface area contributed by atoms with Gasteiger partial charge in [-0.15, -0.1) is 17.0 Å². The summed E-state index contributed by atoms with van der Waals surface area (Å²) in [5, 5.41) is 0.435. The SMILES string of the molecule is Br.NCCC(=O)CBr. The molecule has 0 aliphatic heterocycles. The average Bonchev–Trinajstić information content (AvgIpc) is 1.68. The number of alkyl halides is 1. The van der Waals surface area contributed by atoms with Crippen LogP contribution < -0.4 is 5.73 Å². The van der Waals surface area contributed by atoms with Gasteiger partial charge in [0.15, 0.2) is 0 Å². The first-order valence-corrected chi connectivity index (χ1v) is 3.21. The van der Waals surface area contributed by atoms with Crippen molar-refractivity contribution in [2.75, 3.05) is 11.9 Å². The number of ketones is 1. The Morgan fingerprint density at radius 2 is 2.12 bits per heavy atom. The number of nitrogens with two attached hydrogens (primary N) is 1. The Morgan fingerprint density at radius 1 is 1.62 bits per heavy atom. The summed E-state index contributed by atoms with van der Waals surface area (Å²) in [5.74, 6) is 0.169. The predicted octanol–water partition coefficient (Wildman–Crippen LogP) is 0.877. The van der Waals surface area contributed by atoms with Crippen LogP contribution in [-0.2, 0) is 4.79 Å². The van der Waals surface area contributed by atoms with E-state index in [-0.39, 0.29) is 22.8 Å². The van der Waals surface area contributed by atoms with Gasteiger partial charge < -0.3 is 5.73 Å². The van der Waals surface area contributed by atoms with Crippen molar-refractivity contribution in [3.05, 3.63) is 0 Å². The molecule has 0 fully saturated rings. The maximum atomic E-state index is 10.3. The van der Waals surface area contributed by atoms with Gasteiger partial charge in [0.2, 0.25) is 0 Å². The molecule has 0 atom stereocenters. The van der Waals surface area contributed by atoms with Crippen molar-refractivity contribution in [2.24, 2.45) is 5.73 Å². The summed E-state index contributed by atoms with van der Waals surface area (Å²) in [6.45, 7) is 0.463.